The van der Waals surface area contributed by atoms with Gasteiger partial charge in [-0.15, -0.1) is 0 Å². The van der Waals surface area contributed by atoms with E-state index in [4.69, 9.17) is 9.47 Å². The molecule has 29 heavy (non-hydrogen) atoms. The average molecular weight is 416 g/mol. The van der Waals surface area contributed by atoms with Crippen LogP contribution in [0.25, 0.3) is 0 Å². The summed E-state index contributed by atoms with van der Waals surface area (Å²) in [5, 5.41) is 0. The second-order valence-electron chi connectivity index (χ2n) is 7.39. The lowest BCUT2D eigenvalue weighted by atomic mass is 10.0. The van der Waals surface area contributed by atoms with E-state index in [-0.39, 0.29) is 30.0 Å². The molecule has 0 radical (unpaired) electrons. The summed E-state index contributed by atoms with van der Waals surface area (Å²) in [5.74, 6) is 1.33. The molecule has 0 aliphatic carbocycles. The number of rotatable bonds is 5. The Bertz CT molecular complexity index is 1010. The highest BCUT2D eigenvalue weighted by atomic mass is 32.2. The Balaban J connectivity index is 1.66. The maximum Gasteiger partial charge on any atom is 0.241 e. The van der Waals surface area contributed by atoms with Gasteiger partial charge in [-0.2, -0.15) is 0 Å². The van der Waals surface area contributed by atoms with E-state index in [0.717, 1.165) is 11.3 Å². The van der Waals surface area contributed by atoms with Gasteiger partial charge in [0.05, 0.1) is 38.3 Å². The van der Waals surface area contributed by atoms with Gasteiger partial charge in [-0.3, -0.25) is 9.69 Å². The molecular weight excluding hydrogens is 392 g/mol. The lowest BCUT2D eigenvalue weighted by Crippen LogP contribution is -2.61. The monoisotopic (exact) mass is 416 g/mol. The van der Waals surface area contributed by atoms with Crippen molar-refractivity contribution in [3.8, 4) is 11.5 Å². The lowest BCUT2D eigenvalue weighted by Gasteiger charge is -2.43. The molecule has 0 saturated carbocycles. The van der Waals surface area contributed by atoms with E-state index in [0.29, 0.717) is 18.0 Å². The molecule has 4 rings (SSSR count). The second-order valence-corrected chi connectivity index (χ2v) is 9.54. The van der Waals surface area contributed by atoms with Crippen molar-refractivity contribution in [3.63, 3.8) is 0 Å². The van der Waals surface area contributed by atoms with Crippen LogP contribution < -0.4 is 14.4 Å². The van der Waals surface area contributed by atoms with Gasteiger partial charge in [0, 0.05) is 23.8 Å². The van der Waals surface area contributed by atoms with Gasteiger partial charge in [-0.1, -0.05) is 18.2 Å². The molecular formula is C21H24N2O5S. The number of anilines is 1. The number of fused-ring (bicyclic) bond motifs is 1. The first-order chi connectivity index (χ1) is 13.9. The normalized spacial score (nSPS) is 23.7. The van der Waals surface area contributed by atoms with Crippen LogP contribution in [0.1, 0.15) is 5.56 Å². The van der Waals surface area contributed by atoms with Gasteiger partial charge in [-0.05, 0) is 30.3 Å². The molecule has 2 heterocycles. The SMILES string of the molecule is COc1ccc(N2C(=O)CN(Cc3ccccc3OC)[C@H]3CS(=O)(=O)C[C@@H]32)cc1. The molecule has 0 unspecified atom stereocenters. The molecule has 0 aromatic heterocycles. The van der Waals surface area contributed by atoms with E-state index in [1.807, 2.05) is 29.2 Å². The average Bonchev–Trinajstić information content (AvgIpc) is 3.04. The fraction of sp³-hybridized carbons (Fsp3) is 0.381. The Hall–Kier alpha value is -2.58. The summed E-state index contributed by atoms with van der Waals surface area (Å²) in [5.41, 5.74) is 1.63. The Morgan fingerprint density at radius 2 is 1.66 bits per heavy atom. The zero-order valence-corrected chi connectivity index (χ0v) is 17.3. The minimum atomic E-state index is -3.24. The van der Waals surface area contributed by atoms with Gasteiger partial charge in [0.15, 0.2) is 9.84 Å². The minimum Gasteiger partial charge on any atom is -0.497 e. The Morgan fingerprint density at radius 3 is 2.34 bits per heavy atom. The highest BCUT2D eigenvalue weighted by Crippen LogP contribution is 2.34. The Morgan fingerprint density at radius 1 is 0.966 bits per heavy atom. The molecule has 0 N–H and O–H groups in total. The number of nitrogens with zero attached hydrogens (tertiary/aromatic N) is 2. The molecule has 2 aliphatic rings. The number of ether oxygens (including phenoxy) is 2. The molecule has 1 amide bonds. The summed E-state index contributed by atoms with van der Waals surface area (Å²) in [6, 6.07) is 14.1. The van der Waals surface area contributed by atoms with E-state index in [2.05, 4.69) is 0 Å². The predicted molar refractivity (Wildman–Crippen MR) is 110 cm³/mol. The van der Waals surface area contributed by atoms with E-state index >= 15 is 0 Å². The van der Waals surface area contributed by atoms with Crippen molar-refractivity contribution in [1.29, 1.82) is 0 Å². The number of sulfone groups is 1. The third-order valence-electron chi connectivity index (χ3n) is 5.62. The number of piperazine rings is 1. The quantitative estimate of drug-likeness (QED) is 0.739. The first-order valence-corrected chi connectivity index (χ1v) is 11.3. The highest BCUT2D eigenvalue weighted by Gasteiger charge is 2.49. The van der Waals surface area contributed by atoms with Crippen molar-refractivity contribution < 1.29 is 22.7 Å². The van der Waals surface area contributed by atoms with Gasteiger partial charge in [0.25, 0.3) is 0 Å². The van der Waals surface area contributed by atoms with Crippen LogP contribution in [-0.4, -0.2) is 63.6 Å². The van der Waals surface area contributed by atoms with E-state index in [9.17, 15) is 13.2 Å². The Kier molecular flexibility index (Phi) is 5.23. The number of methoxy groups -OCH3 is 2. The summed E-state index contributed by atoms with van der Waals surface area (Å²) in [6.07, 6.45) is 0. The third-order valence-corrected chi connectivity index (χ3v) is 7.32. The van der Waals surface area contributed by atoms with Crippen molar-refractivity contribution in [1.82, 2.24) is 4.90 Å². The molecule has 0 bridgehead atoms. The van der Waals surface area contributed by atoms with Crippen LogP contribution in [-0.2, 0) is 21.2 Å². The molecule has 154 valence electrons. The third kappa shape index (κ3) is 3.82. The maximum absolute atomic E-state index is 13.1. The standard InChI is InChI=1S/C21H24N2O5S/c1-27-17-9-7-16(8-10-17)23-19-14-29(25,26)13-18(19)22(12-21(23)24)11-15-5-3-4-6-20(15)28-2/h3-10,18-19H,11-14H2,1-2H3/t18-,19-/m0/s1. The number of benzene rings is 2. The van der Waals surface area contributed by atoms with Crippen LogP contribution in [0.4, 0.5) is 5.69 Å². The van der Waals surface area contributed by atoms with Gasteiger partial charge in [-0.25, -0.2) is 8.42 Å². The molecule has 2 aromatic carbocycles. The zero-order valence-electron chi connectivity index (χ0n) is 16.4. The number of para-hydroxylation sites is 1. The van der Waals surface area contributed by atoms with Crippen molar-refractivity contribution in [2.45, 2.75) is 18.6 Å². The number of carbonyl (C=O) groups is 1. The molecule has 8 heteroatoms. The van der Waals surface area contributed by atoms with Gasteiger partial charge < -0.3 is 14.4 Å². The number of hydrogen-bond donors (Lipinski definition) is 0. The van der Waals surface area contributed by atoms with Crippen LogP contribution in [0.15, 0.2) is 48.5 Å². The van der Waals surface area contributed by atoms with Gasteiger partial charge in [0.2, 0.25) is 5.91 Å². The molecule has 0 spiro atoms. The number of carbonyl (C=O) groups excluding carboxylic acids is 1. The second kappa shape index (κ2) is 7.68. The molecule has 2 aliphatic heterocycles. The van der Waals surface area contributed by atoms with E-state index < -0.39 is 15.9 Å². The van der Waals surface area contributed by atoms with Crippen LogP contribution in [0.2, 0.25) is 0 Å². The van der Waals surface area contributed by atoms with Crippen LogP contribution in [0, 0.1) is 0 Å². The summed E-state index contributed by atoms with van der Waals surface area (Å²) >= 11 is 0. The summed E-state index contributed by atoms with van der Waals surface area (Å²) in [4.78, 5) is 16.7. The fourth-order valence-corrected chi connectivity index (χ4v) is 6.24. The zero-order chi connectivity index (χ0) is 20.6. The van der Waals surface area contributed by atoms with E-state index in [1.165, 1.54) is 0 Å². The highest BCUT2D eigenvalue weighted by molar-refractivity contribution is 7.91. The largest absolute Gasteiger partial charge is 0.497 e. The first-order valence-electron chi connectivity index (χ1n) is 9.44. The maximum atomic E-state index is 13.1. The van der Waals surface area contributed by atoms with Gasteiger partial charge >= 0.3 is 0 Å². The van der Waals surface area contributed by atoms with Crippen molar-refractivity contribution in [2.24, 2.45) is 0 Å². The van der Waals surface area contributed by atoms with Crippen molar-refractivity contribution in [2.75, 3.05) is 37.2 Å². The number of amides is 1. The van der Waals surface area contributed by atoms with Crippen molar-refractivity contribution in [3.05, 3.63) is 54.1 Å². The minimum absolute atomic E-state index is 0.0299. The van der Waals surface area contributed by atoms with E-state index in [1.54, 1.807) is 43.4 Å². The van der Waals surface area contributed by atoms with Crippen LogP contribution >= 0.6 is 0 Å². The summed E-state index contributed by atoms with van der Waals surface area (Å²) in [7, 11) is -0.0531. The Labute approximate surface area is 170 Å². The fourth-order valence-electron chi connectivity index (χ4n) is 4.26. The smallest absolute Gasteiger partial charge is 0.241 e. The molecule has 2 fully saturated rings. The summed E-state index contributed by atoms with van der Waals surface area (Å²) in [6.45, 7) is 0.615. The molecule has 2 atom stereocenters. The topological polar surface area (TPSA) is 76.2 Å². The first kappa shape index (κ1) is 19.7. The predicted octanol–water partition coefficient (Wildman–Crippen LogP) is 1.72. The van der Waals surface area contributed by atoms with Crippen LogP contribution in [0.5, 0.6) is 11.5 Å². The van der Waals surface area contributed by atoms with Crippen molar-refractivity contribution >= 4 is 21.4 Å². The van der Waals surface area contributed by atoms with Gasteiger partial charge in [0.1, 0.15) is 11.5 Å². The number of hydrogen-bond acceptors (Lipinski definition) is 6. The van der Waals surface area contributed by atoms with Crippen LogP contribution in [0.3, 0.4) is 0 Å². The molecule has 2 aromatic rings. The summed E-state index contributed by atoms with van der Waals surface area (Å²) < 4.78 is 35.6. The lowest BCUT2D eigenvalue weighted by molar-refractivity contribution is -0.123. The molecule has 7 nitrogen and oxygen atoms in total. The molecule has 2 saturated heterocycles.